The molecule has 0 aromatic rings. The van der Waals surface area contributed by atoms with E-state index >= 15 is 0 Å². The van der Waals surface area contributed by atoms with Crippen molar-refractivity contribution in [2.75, 3.05) is 13.7 Å². The van der Waals surface area contributed by atoms with Crippen molar-refractivity contribution in [2.24, 2.45) is 0 Å². The van der Waals surface area contributed by atoms with E-state index in [9.17, 15) is 5.11 Å². The van der Waals surface area contributed by atoms with Crippen LogP contribution in [0.15, 0.2) is 0 Å². The fraction of sp³-hybridized carbons (Fsp3) is 1.00. The van der Waals surface area contributed by atoms with Crippen molar-refractivity contribution in [3.63, 3.8) is 0 Å². The molecule has 0 aromatic heterocycles. The second-order valence-electron chi connectivity index (χ2n) is 4.52. The summed E-state index contributed by atoms with van der Waals surface area (Å²) in [5.74, 6) is -0.719. The highest BCUT2D eigenvalue weighted by atomic mass is 16.8. The first-order valence-corrected chi connectivity index (χ1v) is 5.31. The molecule has 2 aliphatic rings. The van der Waals surface area contributed by atoms with Crippen LogP contribution in [0.3, 0.4) is 0 Å². The summed E-state index contributed by atoms with van der Waals surface area (Å²) in [5, 5.41) is 18.6. The van der Waals surface area contributed by atoms with Gasteiger partial charge >= 0.3 is 0 Å². The Labute approximate surface area is 94.1 Å². The fourth-order valence-electron chi connectivity index (χ4n) is 2.19. The molecule has 0 bridgehead atoms. The van der Waals surface area contributed by atoms with E-state index in [-0.39, 0.29) is 12.7 Å². The third kappa shape index (κ3) is 1.97. The van der Waals surface area contributed by atoms with E-state index in [1.54, 1.807) is 13.8 Å². The van der Waals surface area contributed by atoms with Crippen molar-refractivity contribution in [2.45, 2.75) is 50.3 Å². The minimum atomic E-state index is -0.995. The number of methoxy groups -OCH3 is 1. The SMILES string of the molecule is COC1O[C@H]([C@H](O)CO)[C@H]2OC(C)(C)O[C@@H]12. The van der Waals surface area contributed by atoms with Crippen LogP contribution in [0.4, 0.5) is 0 Å². The van der Waals surface area contributed by atoms with Crippen molar-refractivity contribution in [1.82, 2.24) is 0 Å². The molecule has 1 unspecified atom stereocenters. The van der Waals surface area contributed by atoms with Crippen molar-refractivity contribution >= 4 is 0 Å². The Kier molecular flexibility index (Phi) is 3.22. The zero-order valence-corrected chi connectivity index (χ0v) is 9.62. The maximum Gasteiger partial charge on any atom is 0.186 e. The largest absolute Gasteiger partial charge is 0.394 e. The molecule has 0 radical (unpaired) electrons. The van der Waals surface area contributed by atoms with Crippen LogP contribution >= 0.6 is 0 Å². The first-order valence-electron chi connectivity index (χ1n) is 5.31. The lowest BCUT2D eigenvalue weighted by molar-refractivity contribution is -0.238. The normalized spacial score (nSPS) is 43.3. The van der Waals surface area contributed by atoms with Gasteiger partial charge in [-0.15, -0.1) is 0 Å². The molecule has 16 heavy (non-hydrogen) atoms. The van der Waals surface area contributed by atoms with Crippen LogP contribution in [0.5, 0.6) is 0 Å². The summed E-state index contributed by atoms with van der Waals surface area (Å²) in [7, 11) is 1.50. The molecule has 5 atom stereocenters. The highest BCUT2D eigenvalue weighted by molar-refractivity contribution is 4.97. The monoisotopic (exact) mass is 234 g/mol. The number of hydrogen-bond donors (Lipinski definition) is 2. The van der Waals surface area contributed by atoms with Crippen molar-refractivity contribution < 1.29 is 29.2 Å². The second kappa shape index (κ2) is 4.21. The molecule has 0 aromatic carbocycles. The van der Waals surface area contributed by atoms with Crippen LogP contribution in [0.2, 0.25) is 0 Å². The topological polar surface area (TPSA) is 77.4 Å². The fourth-order valence-corrected chi connectivity index (χ4v) is 2.19. The van der Waals surface area contributed by atoms with Crippen LogP contribution in [0.1, 0.15) is 13.8 Å². The quantitative estimate of drug-likeness (QED) is 0.668. The third-order valence-electron chi connectivity index (χ3n) is 2.85. The summed E-state index contributed by atoms with van der Waals surface area (Å²) >= 11 is 0. The molecular formula is C10H18O6. The maximum atomic E-state index is 9.62. The van der Waals surface area contributed by atoms with Crippen LogP contribution in [-0.2, 0) is 18.9 Å². The summed E-state index contributed by atoms with van der Waals surface area (Å²) in [4.78, 5) is 0. The molecule has 2 heterocycles. The average Bonchev–Trinajstić information content (AvgIpc) is 2.69. The maximum absolute atomic E-state index is 9.62. The molecule has 94 valence electrons. The van der Waals surface area contributed by atoms with Crippen molar-refractivity contribution in [3.05, 3.63) is 0 Å². The highest BCUT2D eigenvalue weighted by Crippen LogP contribution is 2.39. The first kappa shape index (κ1) is 12.2. The van der Waals surface area contributed by atoms with Gasteiger partial charge in [-0.2, -0.15) is 0 Å². The summed E-state index contributed by atoms with van der Waals surface area (Å²) < 4.78 is 21.8. The molecule has 0 aliphatic carbocycles. The Morgan fingerprint density at radius 2 is 1.94 bits per heavy atom. The van der Waals surface area contributed by atoms with Crippen LogP contribution in [0, 0.1) is 0 Å². The molecule has 0 spiro atoms. The summed E-state index contributed by atoms with van der Waals surface area (Å²) in [6, 6.07) is 0. The predicted octanol–water partition coefficient (Wildman–Crippen LogP) is -0.769. The molecule has 0 saturated carbocycles. The molecule has 2 fully saturated rings. The van der Waals surface area contributed by atoms with Crippen LogP contribution in [0.25, 0.3) is 0 Å². The van der Waals surface area contributed by atoms with Gasteiger partial charge in [0.1, 0.15) is 24.4 Å². The summed E-state index contributed by atoms with van der Waals surface area (Å²) in [5.41, 5.74) is 0. The number of aliphatic hydroxyl groups excluding tert-OH is 2. The van der Waals surface area contributed by atoms with Crippen LogP contribution in [-0.4, -0.2) is 60.4 Å². The van der Waals surface area contributed by atoms with Gasteiger partial charge in [0.15, 0.2) is 12.1 Å². The third-order valence-corrected chi connectivity index (χ3v) is 2.85. The van der Waals surface area contributed by atoms with Gasteiger partial charge in [0, 0.05) is 7.11 Å². The van der Waals surface area contributed by atoms with Crippen LogP contribution < -0.4 is 0 Å². The molecule has 2 rings (SSSR count). The Morgan fingerprint density at radius 1 is 1.31 bits per heavy atom. The van der Waals surface area contributed by atoms with Gasteiger partial charge in [-0.1, -0.05) is 0 Å². The number of fused-ring (bicyclic) bond motifs is 1. The summed E-state index contributed by atoms with van der Waals surface area (Å²) in [6.07, 6.45) is -2.97. The standard InChI is InChI=1S/C10H18O6/c1-10(2)15-7-6(5(12)4-11)14-9(13-3)8(7)16-10/h5-9,11-12H,4H2,1-3H3/t5-,6-,7-,8-,9?/m1/s1. The minimum Gasteiger partial charge on any atom is -0.394 e. The molecule has 2 aliphatic heterocycles. The minimum absolute atomic E-state index is 0.369. The predicted molar refractivity (Wildman–Crippen MR) is 52.6 cm³/mol. The Morgan fingerprint density at radius 3 is 2.50 bits per heavy atom. The van der Waals surface area contributed by atoms with Gasteiger partial charge in [0.2, 0.25) is 0 Å². The Bertz CT molecular complexity index is 256. The molecule has 6 nitrogen and oxygen atoms in total. The van der Waals surface area contributed by atoms with Crippen molar-refractivity contribution in [3.8, 4) is 0 Å². The van der Waals surface area contributed by atoms with Gasteiger partial charge in [-0.25, -0.2) is 0 Å². The summed E-state index contributed by atoms with van der Waals surface area (Å²) in [6.45, 7) is 3.20. The number of rotatable bonds is 3. The smallest absolute Gasteiger partial charge is 0.186 e. The molecular weight excluding hydrogens is 216 g/mol. The van der Waals surface area contributed by atoms with E-state index in [1.807, 2.05) is 0 Å². The number of ether oxygens (including phenoxy) is 4. The zero-order valence-electron chi connectivity index (χ0n) is 9.62. The van der Waals surface area contributed by atoms with E-state index in [0.717, 1.165) is 0 Å². The molecule has 2 N–H and O–H groups in total. The second-order valence-corrected chi connectivity index (χ2v) is 4.52. The van der Waals surface area contributed by atoms with E-state index < -0.39 is 30.4 Å². The van der Waals surface area contributed by atoms with E-state index in [4.69, 9.17) is 24.1 Å². The Balaban J connectivity index is 2.14. The lowest BCUT2D eigenvalue weighted by Gasteiger charge is -2.25. The molecule has 0 amide bonds. The first-order chi connectivity index (χ1) is 7.48. The zero-order chi connectivity index (χ0) is 11.9. The molecule has 2 saturated heterocycles. The number of hydrogen-bond acceptors (Lipinski definition) is 6. The van der Waals surface area contributed by atoms with Gasteiger partial charge in [0.05, 0.1) is 6.61 Å². The van der Waals surface area contributed by atoms with E-state index in [0.29, 0.717) is 0 Å². The Hall–Kier alpha value is -0.240. The lowest BCUT2D eigenvalue weighted by atomic mass is 10.1. The van der Waals surface area contributed by atoms with Gasteiger partial charge in [0.25, 0.3) is 0 Å². The van der Waals surface area contributed by atoms with Gasteiger partial charge < -0.3 is 29.2 Å². The highest BCUT2D eigenvalue weighted by Gasteiger charge is 2.57. The average molecular weight is 234 g/mol. The molecule has 6 heteroatoms. The van der Waals surface area contributed by atoms with E-state index in [1.165, 1.54) is 7.11 Å². The van der Waals surface area contributed by atoms with Gasteiger partial charge in [-0.05, 0) is 13.8 Å². The number of aliphatic hydroxyl groups is 2. The van der Waals surface area contributed by atoms with Gasteiger partial charge in [-0.3, -0.25) is 0 Å². The van der Waals surface area contributed by atoms with E-state index in [2.05, 4.69) is 0 Å². The lowest BCUT2D eigenvalue weighted by Crippen LogP contribution is -2.40. The van der Waals surface area contributed by atoms with Crippen molar-refractivity contribution in [1.29, 1.82) is 0 Å².